The van der Waals surface area contributed by atoms with E-state index in [2.05, 4.69) is 10.4 Å². The molecular formula is C14H13Cl2N3O2. The van der Waals surface area contributed by atoms with Crippen LogP contribution in [0.3, 0.4) is 0 Å². The van der Waals surface area contributed by atoms with E-state index < -0.39 is 0 Å². The highest BCUT2D eigenvalue weighted by Crippen LogP contribution is 2.25. The molecule has 7 heteroatoms. The number of anilines is 1. The Labute approximate surface area is 131 Å². The highest BCUT2D eigenvalue weighted by molar-refractivity contribution is 6.36. The van der Waals surface area contributed by atoms with Crippen LogP contribution in [0.15, 0.2) is 30.5 Å². The SMILES string of the molecule is Cc1ccn(C(=O)CCC(=O)Nc2ccc(Cl)cc2Cl)n1. The maximum atomic E-state index is 11.8. The van der Waals surface area contributed by atoms with Crippen molar-refractivity contribution in [2.45, 2.75) is 19.8 Å². The van der Waals surface area contributed by atoms with Crippen molar-refractivity contribution < 1.29 is 9.59 Å². The molecule has 1 amide bonds. The first-order valence-corrected chi connectivity index (χ1v) is 7.01. The fraction of sp³-hybridized carbons (Fsp3) is 0.214. The van der Waals surface area contributed by atoms with Gasteiger partial charge in [-0.1, -0.05) is 23.2 Å². The molecule has 0 spiro atoms. The van der Waals surface area contributed by atoms with Gasteiger partial charge in [0.15, 0.2) is 0 Å². The van der Waals surface area contributed by atoms with Crippen LogP contribution in [-0.4, -0.2) is 21.6 Å². The average molecular weight is 326 g/mol. The van der Waals surface area contributed by atoms with E-state index in [-0.39, 0.29) is 24.7 Å². The minimum absolute atomic E-state index is 0.0523. The maximum Gasteiger partial charge on any atom is 0.247 e. The standard InChI is InChI=1S/C14H13Cl2N3O2/c1-9-6-7-19(18-9)14(21)5-4-13(20)17-12-3-2-10(15)8-11(12)16/h2-3,6-8H,4-5H2,1H3,(H,17,20). The maximum absolute atomic E-state index is 11.8. The number of hydrogen-bond donors (Lipinski definition) is 1. The lowest BCUT2D eigenvalue weighted by atomic mass is 10.2. The number of rotatable bonds is 4. The van der Waals surface area contributed by atoms with Gasteiger partial charge in [0.2, 0.25) is 11.8 Å². The van der Waals surface area contributed by atoms with Crippen LogP contribution >= 0.6 is 23.2 Å². The first-order chi connectivity index (χ1) is 9.95. The number of aryl methyl sites for hydroxylation is 1. The molecule has 2 aromatic rings. The predicted molar refractivity (Wildman–Crippen MR) is 81.9 cm³/mol. The van der Waals surface area contributed by atoms with Crippen LogP contribution in [0.4, 0.5) is 5.69 Å². The van der Waals surface area contributed by atoms with Gasteiger partial charge in [-0.2, -0.15) is 5.10 Å². The second-order valence-corrected chi connectivity index (χ2v) is 5.31. The molecule has 0 aliphatic carbocycles. The lowest BCUT2D eigenvalue weighted by molar-refractivity contribution is -0.116. The molecule has 0 saturated carbocycles. The second-order valence-electron chi connectivity index (χ2n) is 4.47. The van der Waals surface area contributed by atoms with Crippen molar-refractivity contribution in [2.75, 3.05) is 5.32 Å². The highest BCUT2D eigenvalue weighted by Gasteiger charge is 2.11. The molecule has 1 aromatic heterocycles. The molecule has 0 fully saturated rings. The van der Waals surface area contributed by atoms with Gasteiger partial charge in [0.1, 0.15) is 0 Å². The van der Waals surface area contributed by atoms with Crippen LogP contribution in [0.5, 0.6) is 0 Å². The highest BCUT2D eigenvalue weighted by atomic mass is 35.5. The Kier molecular flexibility index (Phi) is 4.98. The summed E-state index contributed by atoms with van der Waals surface area (Å²) >= 11 is 11.7. The molecule has 1 N–H and O–H groups in total. The first-order valence-electron chi connectivity index (χ1n) is 6.26. The first kappa shape index (κ1) is 15.5. The van der Waals surface area contributed by atoms with E-state index in [1.165, 1.54) is 10.7 Å². The molecule has 2 rings (SSSR count). The smallest absolute Gasteiger partial charge is 0.247 e. The predicted octanol–water partition coefficient (Wildman–Crippen LogP) is 3.56. The third-order valence-corrected chi connectivity index (χ3v) is 3.30. The summed E-state index contributed by atoms with van der Waals surface area (Å²) in [6.07, 6.45) is 1.69. The minimum atomic E-state index is -0.295. The van der Waals surface area contributed by atoms with Crippen molar-refractivity contribution in [3.8, 4) is 0 Å². The van der Waals surface area contributed by atoms with Gasteiger partial charge in [-0.05, 0) is 31.2 Å². The van der Waals surface area contributed by atoms with E-state index in [1.807, 2.05) is 0 Å². The quantitative estimate of drug-likeness (QED) is 0.934. The number of carbonyl (C=O) groups excluding carboxylic acids is 2. The fourth-order valence-electron chi connectivity index (χ4n) is 1.69. The van der Waals surface area contributed by atoms with Crippen molar-refractivity contribution in [2.24, 2.45) is 0 Å². The summed E-state index contributed by atoms with van der Waals surface area (Å²) in [5, 5.41) is 7.47. The van der Waals surface area contributed by atoms with Crippen LogP contribution in [0, 0.1) is 6.92 Å². The van der Waals surface area contributed by atoms with Crippen LogP contribution < -0.4 is 5.32 Å². The number of amides is 1. The van der Waals surface area contributed by atoms with Crippen LogP contribution in [0.2, 0.25) is 10.0 Å². The molecule has 0 radical (unpaired) electrons. The number of halogens is 2. The van der Waals surface area contributed by atoms with E-state index >= 15 is 0 Å². The molecule has 0 saturated heterocycles. The summed E-state index contributed by atoms with van der Waals surface area (Å²) in [5.41, 5.74) is 1.22. The Balaban J connectivity index is 1.89. The number of carbonyl (C=O) groups is 2. The van der Waals surface area contributed by atoms with Gasteiger partial charge in [0.25, 0.3) is 0 Å². The molecule has 1 aromatic carbocycles. The zero-order valence-corrected chi connectivity index (χ0v) is 12.8. The van der Waals surface area contributed by atoms with Gasteiger partial charge < -0.3 is 5.32 Å². The number of hydrogen-bond acceptors (Lipinski definition) is 3. The largest absolute Gasteiger partial charge is 0.325 e. The van der Waals surface area contributed by atoms with E-state index in [4.69, 9.17) is 23.2 Å². The monoisotopic (exact) mass is 325 g/mol. The van der Waals surface area contributed by atoms with Gasteiger partial charge in [-0.15, -0.1) is 0 Å². The fourth-order valence-corrected chi connectivity index (χ4v) is 2.15. The Bertz CT molecular complexity index is 683. The lowest BCUT2D eigenvalue weighted by Crippen LogP contribution is -2.17. The topological polar surface area (TPSA) is 64.0 Å². The molecule has 5 nitrogen and oxygen atoms in total. The van der Waals surface area contributed by atoms with Crippen molar-refractivity contribution in [3.63, 3.8) is 0 Å². The number of aromatic nitrogens is 2. The summed E-state index contributed by atoms with van der Waals surface area (Å²) in [4.78, 5) is 23.6. The zero-order chi connectivity index (χ0) is 15.4. The van der Waals surface area contributed by atoms with E-state index in [0.29, 0.717) is 15.7 Å². The molecule has 0 aliphatic rings. The summed E-state index contributed by atoms with van der Waals surface area (Å²) in [6, 6.07) is 6.50. The third kappa shape index (κ3) is 4.31. The number of nitrogens with one attached hydrogen (secondary N) is 1. The van der Waals surface area contributed by atoms with Gasteiger partial charge >= 0.3 is 0 Å². The Morgan fingerprint density at radius 2 is 2.00 bits per heavy atom. The molecule has 110 valence electrons. The lowest BCUT2D eigenvalue weighted by Gasteiger charge is -2.07. The molecule has 0 aliphatic heterocycles. The molecule has 0 unspecified atom stereocenters. The molecule has 0 atom stereocenters. The normalized spacial score (nSPS) is 10.4. The number of benzene rings is 1. The third-order valence-electron chi connectivity index (χ3n) is 2.75. The summed E-state index contributed by atoms with van der Waals surface area (Å²) in [5.74, 6) is -0.531. The van der Waals surface area contributed by atoms with Gasteiger partial charge in [-0.3, -0.25) is 9.59 Å². The van der Waals surface area contributed by atoms with Gasteiger partial charge in [-0.25, -0.2) is 4.68 Å². The summed E-state index contributed by atoms with van der Waals surface area (Å²) in [6.45, 7) is 1.79. The van der Waals surface area contributed by atoms with Gasteiger partial charge in [0, 0.05) is 24.1 Å². The van der Waals surface area contributed by atoms with Crippen LogP contribution in [0.25, 0.3) is 0 Å². The van der Waals surface area contributed by atoms with Crippen molar-refractivity contribution in [3.05, 3.63) is 46.2 Å². The molecule has 21 heavy (non-hydrogen) atoms. The second kappa shape index (κ2) is 6.74. The Morgan fingerprint density at radius 1 is 1.24 bits per heavy atom. The number of nitrogens with zero attached hydrogens (tertiary/aromatic N) is 2. The van der Waals surface area contributed by atoms with E-state index in [9.17, 15) is 9.59 Å². The molecule has 1 heterocycles. The van der Waals surface area contributed by atoms with Crippen LogP contribution in [-0.2, 0) is 4.79 Å². The van der Waals surface area contributed by atoms with Crippen LogP contribution in [0.1, 0.15) is 23.3 Å². The van der Waals surface area contributed by atoms with Crippen molar-refractivity contribution >= 4 is 40.7 Å². The van der Waals surface area contributed by atoms with E-state index in [0.717, 1.165) is 5.69 Å². The summed E-state index contributed by atoms with van der Waals surface area (Å²) < 4.78 is 1.23. The van der Waals surface area contributed by atoms with Crippen molar-refractivity contribution in [1.29, 1.82) is 0 Å². The van der Waals surface area contributed by atoms with Gasteiger partial charge in [0.05, 0.1) is 16.4 Å². The molecule has 0 bridgehead atoms. The minimum Gasteiger partial charge on any atom is -0.325 e. The molecular weight excluding hydrogens is 313 g/mol. The Morgan fingerprint density at radius 3 is 2.62 bits per heavy atom. The summed E-state index contributed by atoms with van der Waals surface area (Å²) in [7, 11) is 0. The van der Waals surface area contributed by atoms with Crippen molar-refractivity contribution in [1.82, 2.24) is 9.78 Å². The average Bonchev–Trinajstić information content (AvgIpc) is 2.86. The zero-order valence-electron chi connectivity index (χ0n) is 11.3. The Hall–Kier alpha value is -1.85. The van der Waals surface area contributed by atoms with E-state index in [1.54, 1.807) is 31.3 Å².